The first-order valence-electron chi connectivity index (χ1n) is 12.5. The van der Waals surface area contributed by atoms with E-state index in [0.717, 1.165) is 0 Å². The molecule has 2 aromatic rings. The van der Waals surface area contributed by atoms with Gasteiger partial charge in [0.2, 0.25) is 20.0 Å². The monoisotopic (exact) mass is 579 g/mol. The summed E-state index contributed by atoms with van der Waals surface area (Å²) in [6, 6.07) is 10.1. The molecule has 214 valence electrons. The van der Waals surface area contributed by atoms with Gasteiger partial charge in [0.15, 0.2) is 0 Å². The molecule has 3 rings (SSSR count). The zero-order chi connectivity index (χ0) is 29.0. The fraction of sp³-hybridized carbons (Fsp3) is 0.481. The summed E-state index contributed by atoms with van der Waals surface area (Å²) in [5.74, 6) is 6.12. The first kappa shape index (κ1) is 30.9. The Kier molecular flexibility index (Phi) is 10.0. The van der Waals surface area contributed by atoms with E-state index in [4.69, 9.17) is 9.47 Å². The van der Waals surface area contributed by atoms with Crippen molar-refractivity contribution in [3.8, 4) is 23.3 Å². The highest BCUT2D eigenvalue weighted by molar-refractivity contribution is 7.89. The van der Waals surface area contributed by atoms with Gasteiger partial charge >= 0.3 is 0 Å². The van der Waals surface area contributed by atoms with Crippen molar-refractivity contribution in [3.63, 3.8) is 0 Å². The van der Waals surface area contributed by atoms with Crippen molar-refractivity contribution in [2.24, 2.45) is 5.92 Å². The van der Waals surface area contributed by atoms with Crippen molar-refractivity contribution in [2.45, 2.75) is 35.8 Å². The van der Waals surface area contributed by atoms with E-state index in [-0.39, 0.29) is 35.2 Å². The summed E-state index contributed by atoms with van der Waals surface area (Å²) in [6.45, 7) is 3.57. The van der Waals surface area contributed by atoms with Gasteiger partial charge < -0.3 is 14.6 Å². The average Bonchev–Trinajstić information content (AvgIpc) is 2.89. The number of hydrogen-bond donors (Lipinski definition) is 1. The van der Waals surface area contributed by atoms with Gasteiger partial charge in [-0.2, -0.15) is 8.61 Å². The second-order valence-electron chi connectivity index (χ2n) is 9.91. The third-order valence-corrected chi connectivity index (χ3v) is 10.3. The summed E-state index contributed by atoms with van der Waals surface area (Å²) >= 11 is 0. The van der Waals surface area contributed by atoms with Gasteiger partial charge in [-0.1, -0.05) is 24.8 Å². The van der Waals surface area contributed by atoms with Gasteiger partial charge in [-0.15, -0.1) is 0 Å². The molecule has 0 unspecified atom stereocenters. The molecule has 0 saturated carbocycles. The highest BCUT2D eigenvalue weighted by Crippen LogP contribution is 2.34. The van der Waals surface area contributed by atoms with Crippen molar-refractivity contribution in [3.05, 3.63) is 48.0 Å². The van der Waals surface area contributed by atoms with Crippen LogP contribution < -0.4 is 9.47 Å². The van der Waals surface area contributed by atoms with Crippen LogP contribution in [0.4, 0.5) is 0 Å². The maximum Gasteiger partial charge on any atom is 0.247 e. The van der Waals surface area contributed by atoms with E-state index < -0.39 is 38.1 Å². The first-order valence-corrected chi connectivity index (χ1v) is 15.4. The highest BCUT2D eigenvalue weighted by atomic mass is 32.2. The maximum absolute atomic E-state index is 13.6. The van der Waals surface area contributed by atoms with Gasteiger partial charge in [-0.05, 0) is 51.4 Å². The molecule has 0 spiro atoms. The number of nitrogens with zero attached hydrogens (tertiary/aromatic N) is 3. The molecule has 1 heterocycles. The summed E-state index contributed by atoms with van der Waals surface area (Å²) in [6.07, 6.45) is -0.706. The molecule has 0 fully saturated rings. The molecule has 1 aliphatic rings. The number of fused-ring (bicyclic) bond motifs is 1. The number of rotatable bonds is 8. The Labute approximate surface area is 232 Å². The quantitative estimate of drug-likeness (QED) is 0.470. The Hall–Kier alpha value is -2.66. The lowest BCUT2D eigenvalue weighted by Crippen LogP contribution is -2.50. The van der Waals surface area contributed by atoms with Crippen LogP contribution in [0.2, 0.25) is 0 Å². The Morgan fingerprint density at radius 2 is 1.92 bits per heavy atom. The van der Waals surface area contributed by atoms with Crippen molar-refractivity contribution in [1.82, 2.24) is 13.5 Å². The lowest BCUT2D eigenvalue weighted by molar-refractivity contribution is 0.0904. The summed E-state index contributed by atoms with van der Waals surface area (Å²) < 4.78 is 68.0. The minimum atomic E-state index is -4.02. The number of benzene rings is 2. The lowest BCUT2D eigenvalue weighted by Gasteiger charge is -2.37. The minimum absolute atomic E-state index is 0.0333. The normalized spacial score (nSPS) is 20.2. The predicted octanol–water partition coefficient (Wildman–Crippen LogP) is 1.70. The topological polar surface area (TPSA) is 117 Å². The van der Waals surface area contributed by atoms with Crippen molar-refractivity contribution in [2.75, 3.05) is 54.5 Å². The number of methoxy groups -OCH3 is 1. The van der Waals surface area contributed by atoms with Crippen molar-refractivity contribution < 1.29 is 31.4 Å². The highest BCUT2D eigenvalue weighted by Gasteiger charge is 2.39. The Bertz CT molecular complexity index is 1430. The molecule has 39 heavy (non-hydrogen) atoms. The van der Waals surface area contributed by atoms with Gasteiger partial charge in [-0.25, -0.2) is 16.8 Å². The Morgan fingerprint density at radius 3 is 2.56 bits per heavy atom. The van der Waals surface area contributed by atoms with E-state index >= 15 is 0 Å². The summed E-state index contributed by atoms with van der Waals surface area (Å²) in [4.78, 5) is 1.92. The van der Waals surface area contributed by atoms with E-state index in [1.165, 1.54) is 41.0 Å². The van der Waals surface area contributed by atoms with Crippen LogP contribution in [0.5, 0.6) is 11.5 Å². The van der Waals surface area contributed by atoms with Crippen LogP contribution in [-0.4, -0.2) is 102 Å². The van der Waals surface area contributed by atoms with Crippen LogP contribution in [0.15, 0.2) is 52.3 Å². The van der Waals surface area contributed by atoms with Gasteiger partial charge in [0.1, 0.15) is 22.5 Å². The van der Waals surface area contributed by atoms with Gasteiger partial charge in [0.05, 0.1) is 31.7 Å². The molecule has 1 N–H and O–H groups in total. The molecule has 0 aliphatic carbocycles. The molecular weight excluding hydrogens is 542 g/mol. The standard InChI is InChI=1S/C27H37N3O7S2/c1-20-17-30(21(2)19-31)39(34,35)27-13-12-22(9-8-14-28(3)4)15-25(27)37-26(20)18-29(5)38(32,33)24-11-7-10-23(16-24)36-6/h7,10-13,15-16,20-21,26,31H,14,17-19H2,1-6H3/t20-,21+,26-/m0/s1. The molecule has 10 nitrogen and oxygen atoms in total. The molecular formula is C27H37N3O7S2. The van der Waals surface area contributed by atoms with Crippen molar-refractivity contribution in [1.29, 1.82) is 0 Å². The molecule has 0 radical (unpaired) electrons. The van der Waals surface area contributed by atoms with Crippen LogP contribution in [0.25, 0.3) is 0 Å². The molecule has 0 aromatic heterocycles. The molecule has 0 bridgehead atoms. The number of likely N-dealkylation sites (N-methyl/N-ethyl adjacent to an activating group) is 1. The minimum Gasteiger partial charge on any atom is -0.497 e. The Morgan fingerprint density at radius 1 is 1.21 bits per heavy atom. The van der Waals surface area contributed by atoms with E-state index in [0.29, 0.717) is 17.9 Å². The summed E-state index contributed by atoms with van der Waals surface area (Å²) in [7, 11) is -1.22. The molecule has 0 saturated heterocycles. The van der Waals surface area contributed by atoms with E-state index in [1.807, 2.05) is 19.0 Å². The van der Waals surface area contributed by atoms with Crippen LogP contribution >= 0.6 is 0 Å². The molecule has 3 atom stereocenters. The number of hydrogen-bond acceptors (Lipinski definition) is 8. The maximum atomic E-state index is 13.6. The molecule has 2 aromatic carbocycles. The summed E-state index contributed by atoms with van der Waals surface area (Å²) in [5.41, 5.74) is 0.567. The zero-order valence-corrected chi connectivity index (χ0v) is 24.8. The van der Waals surface area contributed by atoms with E-state index in [9.17, 15) is 21.9 Å². The molecule has 1 aliphatic heterocycles. The first-order chi connectivity index (χ1) is 18.3. The number of aliphatic hydroxyl groups excluding tert-OH is 1. The fourth-order valence-electron chi connectivity index (χ4n) is 4.11. The van der Waals surface area contributed by atoms with Gasteiger partial charge in [0, 0.05) is 37.2 Å². The van der Waals surface area contributed by atoms with E-state index in [2.05, 4.69) is 11.8 Å². The number of aliphatic hydroxyl groups is 1. The fourth-order valence-corrected chi connectivity index (χ4v) is 7.16. The van der Waals surface area contributed by atoms with Crippen LogP contribution in [0, 0.1) is 17.8 Å². The van der Waals surface area contributed by atoms with Gasteiger partial charge in [0.25, 0.3) is 0 Å². The second-order valence-corrected chi connectivity index (χ2v) is 13.8. The molecule has 12 heteroatoms. The van der Waals surface area contributed by atoms with Crippen LogP contribution in [0.3, 0.4) is 0 Å². The van der Waals surface area contributed by atoms with Crippen LogP contribution in [0.1, 0.15) is 19.4 Å². The lowest BCUT2D eigenvalue weighted by atomic mass is 10.0. The van der Waals surface area contributed by atoms with Crippen molar-refractivity contribution >= 4 is 20.0 Å². The Balaban J connectivity index is 2.04. The van der Waals surface area contributed by atoms with Crippen LogP contribution in [-0.2, 0) is 20.0 Å². The summed E-state index contributed by atoms with van der Waals surface area (Å²) in [5, 5.41) is 9.83. The molecule has 0 amide bonds. The third kappa shape index (κ3) is 7.11. The average molecular weight is 580 g/mol. The second kappa shape index (κ2) is 12.7. The smallest absolute Gasteiger partial charge is 0.247 e. The SMILES string of the molecule is COc1cccc(S(=O)(=O)N(C)C[C@@H]2Oc3cc(C#CCN(C)C)ccc3S(=O)(=O)N([C@H](C)CO)C[C@@H]2C)c1. The largest absolute Gasteiger partial charge is 0.497 e. The third-order valence-electron chi connectivity index (χ3n) is 6.48. The number of ether oxygens (including phenoxy) is 2. The van der Waals surface area contributed by atoms with Gasteiger partial charge in [-0.3, -0.25) is 4.90 Å². The predicted molar refractivity (Wildman–Crippen MR) is 149 cm³/mol. The number of sulfonamides is 2. The zero-order valence-electron chi connectivity index (χ0n) is 23.2. The van der Waals surface area contributed by atoms with E-state index in [1.54, 1.807) is 38.1 Å².